The molecule has 1 spiro atoms. The van der Waals surface area contributed by atoms with Gasteiger partial charge in [-0.3, -0.25) is 0 Å². The highest BCUT2D eigenvalue weighted by molar-refractivity contribution is 5.96. The van der Waals surface area contributed by atoms with E-state index in [4.69, 9.17) is 10.5 Å². The number of ether oxygens (including phenoxy) is 1. The number of esters is 1. The minimum absolute atomic E-state index is 0.362. The number of nitrogens with zero attached hydrogens (tertiary/aromatic N) is 1. The maximum Gasteiger partial charge on any atom is 0.340 e. The lowest BCUT2D eigenvalue weighted by Gasteiger charge is -2.40. The summed E-state index contributed by atoms with van der Waals surface area (Å²) in [5.74, 6) is -0.362. The molecule has 2 fully saturated rings. The molecule has 2 N–H and O–H groups in total. The zero-order chi connectivity index (χ0) is 14.9. The summed E-state index contributed by atoms with van der Waals surface area (Å²) in [7, 11) is 1.39. The molecule has 3 rings (SSSR count). The van der Waals surface area contributed by atoms with Crippen LogP contribution in [0.25, 0.3) is 0 Å². The number of methoxy groups -OCH3 is 1. The summed E-state index contributed by atoms with van der Waals surface area (Å²) in [6.07, 6.45) is 8.13. The van der Waals surface area contributed by atoms with E-state index in [1.807, 2.05) is 18.2 Å². The van der Waals surface area contributed by atoms with Gasteiger partial charge in [0.1, 0.15) is 0 Å². The Labute approximate surface area is 126 Å². The van der Waals surface area contributed by atoms with Gasteiger partial charge in [-0.25, -0.2) is 4.79 Å². The smallest absolute Gasteiger partial charge is 0.340 e. The standard InChI is InChI=1S/C17H24N2O2/c1-21-16(20)14-12-13(4-5-15(14)18)19-10-8-17(9-11-19)6-2-3-7-17/h4-5,12H,2-3,6-11,18H2,1H3. The maximum atomic E-state index is 11.8. The fourth-order valence-electron chi connectivity index (χ4n) is 3.89. The fraction of sp³-hybridized carbons (Fsp3) is 0.588. The molecule has 21 heavy (non-hydrogen) atoms. The minimum Gasteiger partial charge on any atom is -0.465 e. The van der Waals surface area contributed by atoms with Gasteiger partial charge < -0.3 is 15.4 Å². The highest BCUT2D eigenvalue weighted by Crippen LogP contribution is 2.46. The van der Waals surface area contributed by atoms with Gasteiger partial charge in [-0.15, -0.1) is 0 Å². The van der Waals surface area contributed by atoms with Crippen LogP contribution in [0, 0.1) is 5.41 Å². The van der Waals surface area contributed by atoms with Crippen LogP contribution in [0.2, 0.25) is 0 Å². The number of piperidine rings is 1. The van der Waals surface area contributed by atoms with E-state index in [9.17, 15) is 4.79 Å². The Morgan fingerprint density at radius 2 is 1.86 bits per heavy atom. The summed E-state index contributed by atoms with van der Waals surface area (Å²) in [6, 6.07) is 5.68. The van der Waals surface area contributed by atoms with Crippen molar-refractivity contribution in [2.75, 3.05) is 30.8 Å². The molecule has 1 saturated carbocycles. The number of carbonyl (C=O) groups excluding carboxylic acids is 1. The van der Waals surface area contributed by atoms with Gasteiger partial charge >= 0.3 is 5.97 Å². The quantitative estimate of drug-likeness (QED) is 0.670. The largest absolute Gasteiger partial charge is 0.465 e. The number of benzene rings is 1. The average molecular weight is 288 g/mol. The van der Waals surface area contributed by atoms with Crippen molar-refractivity contribution in [2.24, 2.45) is 5.41 Å². The van der Waals surface area contributed by atoms with E-state index in [1.165, 1.54) is 45.6 Å². The van der Waals surface area contributed by atoms with Gasteiger partial charge in [0, 0.05) is 24.5 Å². The normalized spacial score (nSPS) is 20.7. The maximum absolute atomic E-state index is 11.8. The predicted octanol–water partition coefficient (Wildman–Crippen LogP) is 3.22. The van der Waals surface area contributed by atoms with Crippen molar-refractivity contribution in [3.8, 4) is 0 Å². The summed E-state index contributed by atoms with van der Waals surface area (Å²) in [5, 5.41) is 0. The number of hydrogen-bond donors (Lipinski definition) is 1. The Balaban J connectivity index is 1.74. The molecule has 1 aliphatic heterocycles. The molecule has 0 bridgehead atoms. The Morgan fingerprint density at radius 1 is 1.19 bits per heavy atom. The zero-order valence-electron chi connectivity index (χ0n) is 12.7. The van der Waals surface area contributed by atoms with E-state index >= 15 is 0 Å². The third kappa shape index (κ3) is 2.71. The number of nitrogens with two attached hydrogens (primary N) is 1. The van der Waals surface area contributed by atoms with Crippen LogP contribution in [0.1, 0.15) is 48.9 Å². The molecular formula is C17H24N2O2. The molecule has 114 valence electrons. The van der Waals surface area contributed by atoms with Crippen LogP contribution < -0.4 is 10.6 Å². The van der Waals surface area contributed by atoms with Gasteiger partial charge in [0.15, 0.2) is 0 Å². The first-order chi connectivity index (χ1) is 10.1. The summed E-state index contributed by atoms with van der Waals surface area (Å²) in [5.41, 5.74) is 8.51. The van der Waals surface area contributed by atoms with Crippen LogP contribution in [0.15, 0.2) is 18.2 Å². The minimum atomic E-state index is -0.362. The third-order valence-corrected chi connectivity index (χ3v) is 5.30. The molecule has 2 aliphatic rings. The summed E-state index contributed by atoms with van der Waals surface area (Å²) < 4.78 is 4.80. The fourth-order valence-corrected chi connectivity index (χ4v) is 3.89. The highest BCUT2D eigenvalue weighted by atomic mass is 16.5. The van der Waals surface area contributed by atoms with E-state index in [-0.39, 0.29) is 5.97 Å². The van der Waals surface area contributed by atoms with Crippen LogP contribution in [0.5, 0.6) is 0 Å². The first-order valence-electron chi connectivity index (χ1n) is 7.86. The van der Waals surface area contributed by atoms with E-state index < -0.39 is 0 Å². The van der Waals surface area contributed by atoms with Crippen LogP contribution in [-0.2, 0) is 4.74 Å². The monoisotopic (exact) mass is 288 g/mol. The molecule has 1 saturated heterocycles. The van der Waals surface area contributed by atoms with Gasteiger partial charge in [0.05, 0.1) is 12.7 Å². The lowest BCUT2D eigenvalue weighted by molar-refractivity contribution is 0.0602. The van der Waals surface area contributed by atoms with E-state index in [1.54, 1.807) is 0 Å². The molecule has 1 heterocycles. The first-order valence-corrected chi connectivity index (χ1v) is 7.86. The van der Waals surface area contributed by atoms with Crippen molar-refractivity contribution >= 4 is 17.3 Å². The Kier molecular flexibility index (Phi) is 3.79. The SMILES string of the molecule is COC(=O)c1cc(N2CCC3(CCCC3)CC2)ccc1N. The number of rotatable bonds is 2. The molecule has 1 aliphatic carbocycles. The molecule has 1 aromatic carbocycles. The van der Waals surface area contributed by atoms with Gasteiger partial charge in [0.25, 0.3) is 0 Å². The van der Waals surface area contributed by atoms with Crippen molar-refractivity contribution in [2.45, 2.75) is 38.5 Å². The number of anilines is 2. The molecule has 0 amide bonds. The Hall–Kier alpha value is -1.71. The van der Waals surface area contributed by atoms with Crippen LogP contribution in [0.4, 0.5) is 11.4 Å². The van der Waals surface area contributed by atoms with Crippen molar-refractivity contribution in [3.05, 3.63) is 23.8 Å². The summed E-state index contributed by atoms with van der Waals surface area (Å²) in [6.45, 7) is 2.15. The molecule has 4 heteroatoms. The molecule has 1 aromatic rings. The Morgan fingerprint density at radius 3 is 2.48 bits per heavy atom. The molecule has 4 nitrogen and oxygen atoms in total. The number of nitrogen functional groups attached to an aromatic ring is 1. The second kappa shape index (κ2) is 5.58. The van der Waals surface area contributed by atoms with Crippen molar-refractivity contribution < 1.29 is 9.53 Å². The van der Waals surface area contributed by atoms with Gasteiger partial charge in [-0.1, -0.05) is 12.8 Å². The lowest BCUT2D eigenvalue weighted by atomic mass is 9.77. The first kappa shape index (κ1) is 14.2. The average Bonchev–Trinajstić information content (AvgIpc) is 2.96. The van der Waals surface area contributed by atoms with Crippen molar-refractivity contribution in [1.82, 2.24) is 0 Å². The Bertz CT molecular complexity index is 526. The van der Waals surface area contributed by atoms with Gasteiger partial charge in [0.2, 0.25) is 0 Å². The third-order valence-electron chi connectivity index (χ3n) is 5.30. The lowest BCUT2D eigenvalue weighted by Crippen LogP contribution is -2.38. The molecule has 0 aromatic heterocycles. The van der Waals surface area contributed by atoms with Crippen LogP contribution in [-0.4, -0.2) is 26.2 Å². The second-order valence-corrected chi connectivity index (χ2v) is 6.46. The molecule has 0 unspecified atom stereocenters. The molecular weight excluding hydrogens is 264 g/mol. The summed E-state index contributed by atoms with van der Waals surface area (Å²) in [4.78, 5) is 14.1. The van der Waals surface area contributed by atoms with Crippen LogP contribution >= 0.6 is 0 Å². The van der Waals surface area contributed by atoms with Crippen molar-refractivity contribution in [3.63, 3.8) is 0 Å². The molecule has 0 atom stereocenters. The summed E-state index contributed by atoms with van der Waals surface area (Å²) >= 11 is 0. The number of carbonyl (C=O) groups is 1. The van der Waals surface area contributed by atoms with E-state index in [2.05, 4.69) is 4.90 Å². The van der Waals surface area contributed by atoms with E-state index in [0.717, 1.165) is 18.8 Å². The topological polar surface area (TPSA) is 55.6 Å². The zero-order valence-corrected chi connectivity index (χ0v) is 12.7. The van der Waals surface area contributed by atoms with Gasteiger partial charge in [-0.2, -0.15) is 0 Å². The molecule has 0 radical (unpaired) electrons. The van der Waals surface area contributed by atoms with Gasteiger partial charge in [-0.05, 0) is 49.3 Å². The number of hydrogen-bond acceptors (Lipinski definition) is 4. The van der Waals surface area contributed by atoms with Crippen molar-refractivity contribution in [1.29, 1.82) is 0 Å². The van der Waals surface area contributed by atoms with Crippen LogP contribution in [0.3, 0.4) is 0 Å². The highest BCUT2D eigenvalue weighted by Gasteiger charge is 2.36. The predicted molar refractivity (Wildman–Crippen MR) is 84.5 cm³/mol. The second-order valence-electron chi connectivity index (χ2n) is 6.46. The van der Waals surface area contributed by atoms with E-state index in [0.29, 0.717) is 16.7 Å².